The van der Waals surface area contributed by atoms with E-state index >= 15 is 0 Å². The summed E-state index contributed by atoms with van der Waals surface area (Å²) in [6, 6.07) is 24.3. The van der Waals surface area contributed by atoms with E-state index in [4.69, 9.17) is 0 Å². The number of aryl methyl sites for hydroxylation is 3. The third-order valence-corrected chi connectivity index (χ3v) is 7.32. The number of carbonyl (C=O) groups excluding carboxylic acids is 1. The molecule has 2 aliphatic rings. The van der Waals surface area contributed by atoms with Crippen LogP contribution < -0.4 is 0 Å². The molecule has 1 nitrogen and oxygen atoms in total. The van der Waals surface area contributed by atoms with Gasteiger partial charge in [-0.15, -0.1) is 0 Å². The van der Waals surface area contributed by atoms with Crippen molar-refractivity contribution in [2.45, 2.75) is 79.1 Å². The van der Waals surface area contributed by atoms with E-state index in [-0.39, 0.29) is 14.2 Å². The molecule has 0 unspecified atom stereocenters. The lowest BCUT2D eigenvalue weighted by Gasteiger charge is -2.44. The highest BCUT2D eigenvalue weighted by molar-refractivity contribution is 5.79. The van der Waals surface area contributed by atoms with Gasteiger partial charge in [-0.1, -0.05) is 97.3 Å². The molecular formula is C32H44O. The first-order chi connectivity index (χ1) is 15.9. The van der Waals surface area contributed by atoms with E-state index in [1.165, 1.54) is 38.9 Å². The molecule has 1 saturated carbocycles. The van der Waals surface area contributed by atoms with Crippen LogP contribution in [0.4, 0.5) is 0 Å². The molecule has 0 aliphatic heterocycles. The van der Waals surface area contributed by atoms with E-state index in [0.717, 1.165) is 32.1 Å². The molecule has 3 aromatic carbocycles. The Morgan fingerprint density at radius 2 is 1.33 bits per heavy atom. The zero-order chi connectivity index (χ0) is 24.0. The molecule has 1 fully saturated rings. The Bertz CT molecular complexity index is 1060. The summed E-state index contributed by atoms with van der Waals surface area (Å²) in [5, 5.41) is 0. The number of Topliss-reactive ketones (excluding diaryl/α,β-unsaturated/α-hetero) is 1. The molecule has 1 spiro atoms. The zero-order valence-corrected chi connectivity index (χ0v) is 21.4. The van der Waals surface area contributed by atoms with Gasteiger partial charge in [-0.05, 0) is 82.1 Å². The monoisotopic (exact) mass is 444 g/mol. The summed E-state index contributed by atoms with van der Waals surface area (Å²) in [7, 11) is 0. The molecule has 1 heteroatoms. The number of benzene rings is 3. The highest BCUT2D eigenvalue weighted by atomic mass is 16.1. The molecule has 178 valence electrons. The van der Waals surface area contributed by atoms with Gasteiger partial charge < -0.3 is 0 Å². The molecule has 0 saturated heterocycles. The summed E-state index contributed by atoms with van der Waals surface area (Å²) in [6.07, 6.45) is 5.50. The number of rotatable bonds is 1. The fourth-order valence-corrected chi connectivity index (χ4v) is 5.40. The van der Waals surface area contributed by atoms with Gasteiger partial charge in [0.05, 0.1) is 0 Å². The van der Waals surface area contributed by atoms with Crippen LogP contribution in [0.3, 0.4) is 0 Å². The molecule has 2 aliphatic carbocycles. The second kappa shape index (κ2) is 11.0. The van der Waals surface area contributed by atoms with Gasteiger partial charge in [0.25, 0.3) is 0 Å². The lowest BCUT2D eigenvalue weighted by Crippen LogP contribution is -2.38. The Morgan fingerprint density at radius 3 is 1.91 bits per heavy atom. The van der Waals surface area contributed by atoms with Crippen molar-refractivity contribution in [1.29, 1.82) is 0 Å². The predicted molar refractivity (Wildman–Crippen MR) is 146 cm³/mol. The van der Waals surface area contributed by atoms with E-state index in [1.807, 2.05) is 13.8 Å². The lowest BCUT2D eigenvalue weighted by molar-refractivity contribution is -0.122. The first kappa shape index (κ1) is 25.0. The van der Waals surface area contributed by atoms with Gasteiger partial charge in [-0.3, -0.25) is 4.79 Å². The van der Waals surface area contributed by atoms with Crippen molar-refractivity contribution in [2.24, 2.45) is 5.92 Å². The van der Waals surface area contributed by atoms with Crippen molar-refractivity contribution in [3.63, 3.8) is 0 Å². The summed E-state index contributed by atoms with van der Waals surface area (Å²) in [6.45, 7) is 12.1. The Balaban J connectivity index is 0.000000436. The molecule has 0 N–H and O–H groups in total. The van der Waals surface area contributed by atoms with Crippen LogP contribution in [-0.4, -0.2) is 5.78 Å². The van der Waals surface area contributed by atoms with Crippen molar-refractivity contribution >= 4 is 5.78 Å². The lowest BCUT2D eigenvalue weighted by atomic mass is 9.59. The Labute approximate surface area is 204 Å². The van der Waals surface area contributed by atoms with Gasteiger partial charge in [-0.25, -0.2) is 0 Å². The van der Waals surface area contributed by atoms with Crippen molar-refractivity contribution in [3.05, 3.63) is 94.5 Å². The quantitative estimate of drug-likeness (QED) is 0.366. The number of fused-ring (bicyclic) bond motifs is 4. The summed E-state index contributed by atoms with van der Waals surface area (Å²) in [5.41, 5.74) is 10.1. The molecule has 5 rings (SSSR count). The van der Waals surface area contributed by atoms with Crippen LogP contribution in [-0.2, 0) is 16.6 Å². The SMILES string of the molecule is CC.CC(=O)C1CCC2(CC1)Cc1ccc(C)cc1-c1ccccc12.Cc1ccc(C)cc1.[HH].[HH]. The number of hydrogen-bond donors (Lipinski definition) is 0. The molecular weight excluding hydrogens is 400 g/mol. The molecule has 33 heavy (non-hydrogen) atoms. The molecule has 0 aromatic heterocycles. The van der Waals surface area contributed by atoms with Crippen LogP contribution in [0.25, 0.3) is 11.1 Å². The Kier molecular flexibility index (Phi) is 8.30. The predicted octanol–water partition coefficient (Wildman–Crippen LogP) is 9.06. The number of ketones is 1. The first-order valence-electron chi connectivity index (χ1n) is 12.6. The minimum atomic E-state index is 0. The highest BCUT2D eigenvalue weighted by Crippen LogP contribution is 2.51. The van der Waals surface area contributed by atoms with Gasteiger partial charge in [-0.2, -0.15) is 0 Å². The number of carbonyl (C=O) groups is 1. The van der Waals surface area contributed by atoms with Crippen LogP contribution in [0, 0.1) is 26.7 Å². The third-order valence-electron chi connectivity index (χ3n) is 7.32. The van der Waals surface area contributed by atoms with E-state index in [2.05, 4.69) is 87.5 Å². The van der Waals surface area contributed by atoms with Crippen LogP contribution in [0.1, 0.15) is 77.1 Å². The summed E-state index contributed by atoms with van der Waals surface area (Å²) >= 11 is 0. The largest absolute Gasteiger partial charge is 0.300 e. The Hall–Kier alpha value is -2.67. The highest BCUT2D eigenvalue weighted by Gasteiger charge is 2.42. The maximum absolute atomic E-state index is 11.8. The topological polar surface area (TPSA) is 17.1 Å². The number of hydrogen-bond acceptors (Lipinski definition) is 1. The summed E-state index contributed by atoms with van der Waals surface area (Å²) in [4.78, 5) is 11.8. The van der Waals surface area contributed by atoms with E-state index in [9.17, 15) is 4.79 Å². The normalized spacial score (nSPS) is 20.4. The van der Waals surface area contributed by atoms with Crippen LogP contribution in [0.5, 0.6) is 0 Å². The zero-order valence-electron chi connectivity index (χ0n) is 21.4. The standard InChI is InChI=1S/C22H24O.C8H10.C2H6.2H2/c1-15-7-8-18-14-22(11-9-17(10-12-22)16(2)23)21-6-4-3-5-19(21)20(18)13-15;1-7-3-5-8(2)6-4-7;1-2;;/h3-8,13,17H,9-12,14H2,1-2H3;3-6H,1-2H3;1-2H3;2*1H. The van der Waals surface area contributed by atoms with E-state index in [0.29, 0.717) is 5.78 Å². The van der Waals surface area contributed by atoms with Crippen molar-refractivity contribution in [3.8, 4) is 11.1 Å². The van der Waals surface area contributed by atoms with Crippen molar-refractivity contribution in [2.75, 3.05) is 0 Å². The van der Waals surface area contributed by atoms with Crippen LogP contribution in [0.15, 0.2) is 66.7 Å². The van der Waals surface area contributed by atoms with Gasteiger partial charge in [0, 0.05) is 14.2 Å². The van der Waals surface area contributed by atoms with Gasteiger partial charge >= 0.3 is 0 Å². The molecule has 0 radical (unpaired) electrons. The molecule has 3 aromatic rings. The summed E-state index contributed by atoms with van der Waals surface area (Å²) in [5.74, 6) is 0.659. The van der Waals surface area contributed by atoms with Gasteiger partial charge in [0.2, 0.25) is 0 Å². The van der Waals surface area contributed by atoms with Gasteiger partial charge in [0.1, 0.15) is 5.78 Å². The van der Waals surface area contributed by atoms with E-state index < -0.39 is 0 Å². The fraction of sp³-hybridized carbons (Fsp3) is 0.406. The third kappa shape index (κ3) is 5.64. The van der Waals surface area contributed by atoms with Gasteiger partial charge in [0.15, 0.2) is 0 Å². The molecule has 0 heterocycles. The Morgan fingerprint density at radius 1 is 0.788 bits per heavy atom. The maximum atomic E-state index is 11.8. The fourth-order valence-electron chi connectivity index (χ4n) is 5.40. The van der Waals surface area contributed by atoms with E-state index in [1.54, 1.807) is 6.92 Å². The average Bonchev–Trinajstić information content (AvgIpc) is 2.84. The second-order valence-corrected chi connectivity index (χ2v) is 9.70. The average molecular weight is 445 g/mol. The molecule has 0 amide bonds. The molecule has 0 bridgehead atoms. The minimum absolute atomic E-state index is 0. The smallest absolute Gasteiger partial charge is 0.132 e. The second-order valence-electron chi connectivity index (χ2n) is 9.70. The first-order valence-corrected chi connectivity index (χ1v) is 12.6. The molecule has 0 atom stereocenters. The van der Waals surface area contributed by atoms with Crippen molar-refractivity contribution < 1.29 is 7.65 Å². The summed E-state index contributed by atoms with van der Waals surface area (Å²) < 4.78 is 0. The van der Waals surface area contributed by atoms with Crippen LogP contribution >= 0.6 is 0 Å². The van der Waals surface area contributed by atoms with Crippen molar-refractivity contribution in [1.82, 2.24) is 0 Å². The minimum Gasteiger partial charge on any atom is -0.300 e. The van der Waals surface area contributed by atoms with Crippen LogP contribution in [0.2, 0.25) is 0 Å². The maximum Gasteiger partial charge on any atom is 0.132 e.